The first-order valence-corrected chi connectivity index (χ1v) is 3.64. The van der Waals surface area contributed by atoms with E-state index < -0.39 is 0 Å². The maximum Gasteiger partial charge on any atom is 0.0629 e. The van der Waals surface area contributed by atoms with Gasteiger partial charge in [0.1, 0.15) is 0 Å². The summed E-state index contributed by atoms with van der Waals surface area (Å²) in [6.07, 6.45) is 9.70. The van der Waals surface area contributed by atoms with Crippen molar-refractivity contribution in [2.45, 2.75) is 6.92 Å². The van der Waals surface area contributed by atoms with Gasteiger partial charge in [0.15, 0.2) is 0 Å². The number of rotatable bonds is 2. The lowest BCUT2D eigenvalue weighted by molar-refractivity contribution is 1.30. The largest absolute Gasteiger partial charge is 0.257 e. The van der Waals surface area contributed by atoms with Crippen molar-refractivity contribution in [3.05, 3.63) is 48.3 Å². The van der Waals surface area contributed by atoms with Gasteiger partial charge in [-0.25, -0.2) is 0 Å². The maximum absolute atomic E-state index is 4.13. The third kappa shape index (κ3) is 2.80. The number of pyridine rings is 1. The predicted octanol–water partition coefficient (Wildman–Crippen LogP) is 2.67. The topological polar surface area (TPSA) is 12.9 Å². The highest BCUT2D eigenvalue weighted by atomic mass is 14.6. The van der Waals surface area contributed by atoms with Crippen molar-refractivity contribution in [1.82, 2.24) is 4.98 Å². The van der Waals surface area contributed by atoms with Crippen LogP contribution < -0.4 is 0 Å². The molecule has 1 nitrogen and oxygen atoms in total. The molecule has 11 heavy (non-hydrogen) atoms. The smallest absolute Gasteiger partial charge is 0.0629 e. The standard InChI is InChI=1S/C10H11N/c1-2-3-4-7-10-8-5-6-9-11-10/h2-9H,1H3/b3-2+,7-4-. The van der Waals surface area contributed by atoms with Gasteiger partial charge in [-0.1, -0.05) is 24.3 Å². The first-order valence-electron chi connectivity index (χ1n) is 3.64. The first-order chi connectivity index (χ1) is 5.43. The minimum Gasteiger partial charge on any atom is -0.257 e. The minimum atomic E-state index is 0.991. The summed E-state index contributed by atoms with van der Waals surface area (Å²) in [7, 11) is 0. The third-order valence-corrected chi connectivity index (χ3v) is 1.26. The van der Waals surface area contributed by atoms with Gasteiger partial charge in [-0.3, -0.25) is 4.98 Å². The molecule has 0 fully saturated rings. The Morgan fingerprint density at radius 3 is 2.82 bits per heavy atom. The second kappa shape index (κ2) is 4.45. The predicted molar refractivity (Wildman–Crippen MR) is 48.1 cm³/mol. The molecule has 1 aromatic heterocycles. The summed E-state index contributed by atoms with van der Waals surface area (Å²) in [4.78, 5) is 4.13. The Kier molecular flexibility index (Phi) is 3.13. The molecule has 0 aliphatic heterocycles. The van der Waals surface area contributed by atoms with Crippen LogP contribution in [0.5, 0.6) is 0 Å². The fourth-order valence-corrected chi connectivity index (χ4v) is 0.740. The van der Waals surface area contributed by atoms with Gasteiger partial charge in [0.05, 0.1) is 5.69 Å². The van der Waals surface area contributed by atoms with Crippen LogP contribution >= 0.6 is 0 Å². The summed E-state index contributed by atoms with van der Waals surface area (Å²) in [5.74, 6) is 0. The van der Waals surface area contributed by atoms with Crippen LogP contribution in [0.15, 0.2) is 42.6 Å². The third-order valence-electron chi connectivity index (χ3n) is 1.26. The van der Waals surface area contributed by atoms with E-state index in [1.807, 2.05) is 49.4 Å². The van der Waals surface area contributed by atoms with E-state index in [9.17, 15) is 0 Å². The molecule has 0 saturated heterocycles. The molecule has 1 heterocycles. The molecule has 0 aliphatic carbocycles. The fourth-order valence-electron chi connectivity index (χ4n) is 0.740. The van der Waals surface area contributed by atoms with Crippen molar-refractivity contribution in [3.63, 3.8) is 0 Å². The lowest BCUT2D eigenvalue weighted by Gasteiger charge is -1.86. The summed E-state index contributed by atoms with van der Waals surface area (Å²) in [5.41, 5.74) is 0.991. The summed E-state index contributed by atoms with van der Waals surface area (Å²) in [6, 6.07) is 5.86. The molecule has 0 atom stereocenters. The molecule has 0 radical (unpaired) electrons. The van der Waals surface area contributed by atoms with E-state index >= 15 is 0 Å². The molecular formula is C10H11N. The van der Waals surface area contributed by atoms with Crippen molar-refractivity contribution in [3.8, 4) is 0 Å². The second-order valence-electron chi connectivity index (χ2n) is 2.14. The molecule has 0 aliphatic rings. The van der Waals surface area contributed by atoms with Gasteiger partial charge in [-0.05, 0) is 25.1 Å². The Bertz CT molecular complexity index is 247. The number of nitrogens with zero attached hydrogens (tertiary/aromatic N) is 1. The average molecular weight is 145 g/mol. The molecule has 1 heteroatoms. The molecule has 56 valence electrons. The average Bonchev–Trinajstić information content (AvgIpc) is 2.07. The van der Waals surface area contributed by atoms with Crippen LogP contribution in [-0.4, -0.2) is 4.98 Å². The normalized spacial score (nSPS) is 11.4. The molecule has 0 unspecified atom stereocenters. The van der Waals surface area contributed by atoms with E-state index in [1.54, 1.807) is 6.20 Å². The molecule has 0 bridgehead atoms. The Hall–Kier alpha value is -1.37. The van der Waals surface area contributed by atoms with Gasteiger partial charge in [0.25, 0.3) is 0 Å². The van der Waals surface area contributed by atoms with E-state index in [0.29, 0.717) is 0 Å². The molecule has 0 spiro atoms. The zero-order valence-corrected chi connectivity index (χ0v) is 6.57. The summed E-state index contributed by atoms with van der Waals surface area (Å²) in [5, 5.41) is 0. The Labute approximate surface area is 67.1 Å². The van der Waals surface area contributed by atoms with Crippen LogP contribution in [-0.2, 0) is 0 Å². The van der Waals surface area contributed by atoms with E-state index in [1.165, 1.54) is 0 Å². The van der Waals surface area contributed by atoms with Crippen LogP contribution in [0.2, 0.25) is 0 Å². The van der Waals surface area contributed by atoms with Crippen LogP contribution in [0.3, 0.4) is 0 Å². The number of allylic oxidation sites excluding steroid dienone is 3. The van der Waals surface area contributed by atoms with Gasteiger partial charge in [-0.15, -0.1) is 0 Å². The highest BCUT2D eigenvalue weighted by Gasteiger charge is 1.80. The molecule has 0 N–H and O–H groups in total. The van der Waals surface area contributed by atoms with Gasteiger partial charge in [0.2, 0.25) is 0 Å². The van der Waals surface area contributed by atoms with Crippen molar-refractivity contribution in [2.75, 3.05) is 0 Å². The number of hydrogen-bond acceptors (Lipinski definition) is 1. The van der Waals surface area contributed by atoms with Crippen LogP contribution in [0.4, 0.5) is 0 Å². The second-order valence-corrected chi connectivity index (χ2v) is 2.14. The fraction of sp³-hybridized carbons (Fsp3) is 0.100. The number of hydrogen-bond donors (Lipinski definition) is 0. The Morgan fingerprint density at radius 1 is 1.27 bits per heavy atom. The Morgan fingerprint density at radius 2 is 2.18 bits per heavy atom. The van der Waals surface area contributed by atoms with E-state index in [0.717, 1.165) is 5.69 Å². The molecule has 1 aromatic rings. The van der Waals surface area contributed by atoms with Gasteiger partial charge < -0.3 is 0 Å². The number of aromatic nitrogens is 1. The van der Waals surface area contributed by atoms with Gasteiger partial charge in [-0.2, -0.15) is 0 Å². The monoisotopic (exact) mass is 145 g/mol. The van der Waals surface area contributed by atoms with E-state index in [-0.39, 0.29) is 0 Å². The van der Waals surface area contributed by atoms with E-state index in [2.05, 4.69) is 4.98 Å². The van der Waals surface area contributed by atoms with Crippen molar-refractivity contribution >= 4 is 6.08 Å². The molecule has 0 aromatic carbocycles. The summed E-state index contributed by atoms with van der Waals surface area (Å²) >= 11 is 0. The summed E-state index contributed by atoms with van der Waals surface area (Å²) < 4.78 is 0. The maximum atomic E-state index is 4.13. The van der Waals surface area contributed by atoms with Gasteiger partial charge >= 0.3 is 0 Å². The van der Waals surface area contributed by atoms with Crippen LogP contribution in [0.1, 0.15) is 12.6 Å². The molecular weight excluding hydrogens is 134 g/mol. The lowest BCUT2D eigenvalue weighted by Crippen LogP contribution is -1.74. The first kappa shape index (κ1) is 7.73. The van der Waals surface area contributed by atoms with Crippen molar-refractivity contribution < 1.29 is 0 Å². The Balaban J connectivity index is 2.64. The minimum absolute atomic E-state index is 0.991. The lowest BCUT2D eigenvalue weighted by atomic mass is 10.3. The molecule has 0 saturated carbocycles. The molecule has 0 amide bonds. The zero-order valence-electron chi connectivity index (χ0n) is 6.57. The van der Waals surface area contributed by atoms with E-state index in [4.69, 9.17) is 0 Å². The van der Waals surface area contributed by atoms with Crippen LogP contribution in [0.25, 0.3) is 6.08 Å². The molecule has 1 rings (SSSR count). The highest BCUT2D eigenvalue weighted by Crippen LogP contribution is 1.95. The van der Waals surface area contributed by atoms with Crippen molar-refractivity contribution in [2.24, 2.45) is 0 Å². The van der Waals surface area contributed by atoms with Crippen molar-refractivity contribution in [1.29, 1.82) is 0 Å². The quantitative estimate of drug-likeness (QED) is 0.583. The van der Waals surface area contributed by atoms with Gasteiger partial charge in [0, 0.05) is 6.20 Å². The zero-order chi connectivity index (χ0) is 7.94. The van der Waals surface area contributed by atoms with Crippen LogP contribution in [0, 0.1) is 0 Å². The SMILES string of the molecule is C/C=C/C=C\c1ccccn1. The highest BCUT2D eigenvalue weighted by molar-refractivity contribution is 5.46. The summed E-state index contributed by atoms with van der Waals surface area (Å²) in [6.45, 7) is 1.99.